The van der Waals surface area contributed by atoms with E-state index < -0.39 is 0 Å². The first-order valence-electron chi connectivity index (χ1n) is 12.1. The highest BCUT2D eigenvalue weighted by atomic mass is 35.5. The van der Waals surface area contributed by atoms with E-state index in [1.807, 2.05) is 41.3 Å². The summed E-state index contributed by atoms with van der Waals surface area (Å²) in [5, 5.41) is 1.64. The third-order valence-corrected chi connectivity index (χ3v) is 7.87. The first kappa shape index (κ1) is 23.9. The van der Waals surface area contributed by atoms with Gasteiger partial charge in [0.2, 0.25) is 11.0 Å². The Morgan fingerprint density at radius 3 is 2.49 bits per heavy atom. The predicted octanol–water partition coefficient (Wildman–Crippen LogP) is 4.36. The van der Waals surface area contributed by atoms with Gasteiger partial charge in [0.05, 0.1) is 13.0 Å². The molecule has 0 radical (unpaired) electrons. The molecule has 3 aromatic rings. The van der Waals surface area contributed by atoms with Crippen LogP contribution in [0.5, 0.6) is 5.75 Å². The molecule has 5 rings (SSSR count). The van der Waals surface area contributed by atoms with Gasteiger partial charge in [-0.3, -0.25) is 4.79 Å². The number of piperazine rings is 1. The van der Waals surface area contributed by atoms with E-state index >= 15 is 0 Å². The molecule has 2 saturated heterocycles. The van der Waals surface area contributed by atoms with Crippen LogP contribution in [0.4, 0.5) is 10.8 Å². The second-order valence-corrected chi connectivity index (χ2v) is 10.3. The number of anilines is 2. The second kappa shape index (κ2) is 10.8. The fraction of sp³-hybridized carbons (Fsp3) is 0.423. The van der Waals surface area contributed by atoms with E-state index in [1.165, 1.54) is 17.2 Å². The normalized spacial score (nSPS) is 18.6. The van der Waals surface area contributed by atoms with Crippen LogP contribution >= 0.6 is 23.1 Å². The summed E-state index contributed by atoms with van der Waals surface area (Å²) >= 11 is 7.41. The lowest BCUT2D eigenvalue weighted by Gasteiger charge is -2.39. The van der Waals surface area contributed by atoms with Crippen molar-refractivity contribution in [2.45, 2.75) is 19.3 Å². The predicted molar refractivity (Wildman–Crippen MR) is 141 cm³/mol. The number of amides is 1. The third kappa shape index (κ3) is 5.70. The fourth-order valence-electron chi connectivity index (χ4n) is 4.82. The number of halogens is 1. The molecule has 7 nitrogen and oxygen atoms in total. The molecule has 1 atom stereocenters. The van der Waals surface area contributed by atoms with Crippen molar-refractivity contribution in [1.82, 2.24) is 14.3 Å². The number of aromatic nitrogens is 2. The van der Waals surface area contributed by atoms with Crippen LogP contribution in [0.3, 0.4) is 0 Å². The maximum atomic E-state index is 13.4. The molecule has 1 unspecified atom stereocenters. The molecular weight excluding hydrogens is 482 g/mol. The molecule has 3 heterocycles. The Kier molecular flexibility index (Phi) is 7.39. The average molecular weight is 512 g/mol. The average Bonchev–Trinajstić information content (AvgIpc) is 3.38. The Balaban J connectivity index is 1.15. The van der Waals surface area contributed by atoms with Crippen molar-refractivity contribution in [2.75, 3.05) is 56.2 Å². The highest BCUT2D eigenvalue weighted by molar-refractivity contribution is 7.09. The standard InChI is InChI=1S/C26H30ClN5O2S/c1-34-23-10-8-22(9-11-23)30-13-15-31(16-14-30)25(33)20-3-2-12-32(18-20)26-28-24(29-35-26)17-19-4-6-21(27)7-5-19/h4-11,20H,2-3,12-18H2,1H3. The Morgan fingerprint density at radius 2 is 1.77 bits per heavy atom. The van der Waals surface area contributed by atoms with Gasteiger partial charge in [0, 0.05) is 67.9 Å². The summed E-state index contributed by atoms with van der Waals surface area (Å²) in [6.07, 6.45) is 2.61. The number of carbonyl (C=O) groups is 1. The number of nitrogens with zero attached hydrogens (tertiary/aromatic N) is 5. The van der Waals surface area contributed by atoms with Crippen LogP contribution in [0, 0.1) is 5.92 Å². The zero-order valence-corrected chi connectivity index (χ0v) is 21.5. The minimum absolute atomic E-state index is 0.0138. The molecule has 1 amide bonds. The Bertz CT molecular complexity index is 1130. The van der Waals surface area contributed by atoms with Gasteiger partial charge in [-0.25, -0.2) is 4.98 Å². The Morgan fingerprint density at radius 1 is 1.03 bits per heavy atom. The van der Waals surface area contributed by atoms with Gasteiger partial charge in [-0.15, -0.1) is 0 Å². The molecule has 2 aromatic carbocycles. The molecule has 0 bridgehead atoms. The minimum atomic E-state index is 0.0138. The number of rotatable bonds is 6. The highest BCUT2D eigenvalue weighted by Crippen LogP contribution is 2.27. The number of methoxy groups -OCH3 is 1. The summed E-state index contributed by atoms with van der Waals surface area (Å²) in [4.78, 5) is 24.7. The molecule has 0 saturated carbocycles. The number of hydrogen-bond acceptors (Lipinski definition) is 7. The topological polar surface area (TPSA) is 61.8 Å². The molecule has 2 fully saturated rings. The summed E-state index contributed by atoms with van der Waals surface area (Å²) in [5.74, 6) is 1.96. The number of benzene rings is 2. The summed E-state index contributed by atoms with van der Waals surface area (Å²) in [6, 6.07) is 15.9. The number of ether oxygens (including phenoxy) is 1. The number of carbonyl (C=O) groups excluding carboxylic acids is 1. The van der Waals surface area contributed by atoms with E-state index in [4.69, 9.17) is 21.3 Å². The van der Waals surface area contributed by atoms with Gasteiger partial charge in [0.25, 0.3) is 0 Å². The molecular formula is C26H30ClN5O2S. The third-order valence-electron chi connectivity index (χ3n) is 6.80. The van der Waals surface area contributed by atoms with E-state index in [1.54, 1.807) is 7.11 Å². The van der Waals surface area contributed by atoms with Gasteiger partial charge < -0.3 is 19.4 Å². The van der Waals surface area contributed by atoms with Crippen molar-refractivity contribution in [1.29, 1.82) is 0 Å². The van der Waals surface area contributed by atoms with Gasteiger partial charge in [-0.05, 0) is 54.8 Å². The lowest BCUT2D eigenvalue weighted by molar-refractivity contribution is -0.136. The van der Waals surface area contributed by atoms with Crippen LogP contribution in [0.2, 0.25) is 5.02 Å². The van der Waals surface area contributed by atoms with Crippen LogP contribution in [0.1, 0.15) is 24.2 Å². The van der Waals surface area contributed by atoms with E-state index in [9.17, 15) is 4.79 Å². The van der Waals surface area contributed by atoms with Gasteiger partial charge >= 0.3 is 0 Å². The molecule has 0 aliphatic carbocycles. The molecule has 184 valence electrons. The van der Waals surface area contributed by atoms with Crippen LogP contribution in [-0.4, -0.2) is 66.5 Å². The van der Waals surface area contributed by atoms with Crippen molar-refractivity contribution in [3.63, 3.8) is 0 Å². The molecule has 0 spiro atoms. The van der Waals surface area contributed by atoms with Crippen molar-refractivity contribution < 1.29 is 9.53 Å². The van der Waals surface area contributed by atoms with Crippen LogP contribution in [-0.2, 0) is 11.2 Å². The summed E-state index contributed by atoms with van der Waals surface area (Å²) in [5.41, 5.74) is 2.31. The second-order valence-electron chi connectivity index (χ2n) is 9.09. The van der Waals surface area contributed by atoms with E-state index in [-0.39, 0.29) is 11.8 Å². The fourth-order valence-corrected chi connectivity index (χ4v) is 5.66. The number of piperidine rings is 1. The minimum Gasteiger partial charge on any atom is -0.497 e. The zero-order valence-electron chi connectivity index (χ0n) is 19.9. The smallest absolute Gasteiger partial charge is 0.227 e. The van der Waals surface area contributed by atoms with Crippen LogP contribution < -0.4 is 14.5 Å². The molecule has 9 heteroatoms. The first-order chi connectivity index (χ1) is 17.1. The van der Waals surface area contributed by atoms with Crippen molar-refractivity contribution >= 4 is 39.9 Å². The van der Waals surface area contributed by atoms with Crippen molar-refractivity contribution in [2.24, 2.45) is 5.92 Å². The van der Waals surface area contributed by atoms with Crippen LogP contribution in [0.15, 0.2) is 48.5 Å². The van der Waals surface area contributed by atoms with E-state index in [2.05, 4.69) is 26.3 Å². The lowest BCUT2D eigenvalue weighted by atomic mass is 9.96. The highest BCUT2D eigenvalue weighted by Gasteiger charge is 2.32. The van der Waals surface area contributed by atoms with Crippen molar-refractivity contribution in [3.8, 4) is 5.75 Å². The Hall–Kier alpha value is -2.84. The van der Waals surface area contributed by atoms with Gasteiger partial charge in [-0.2, -0.15) is 4.37 Å². The van der Waals surface area contributed by atoms with Gasteiger partial charge in [0.1, 0.15) is 11.6 Å². The molecule has 2 aliphatic rings. The molecule has 1 aromatic heterocycles. The quantitative estimate of drug-likeness (QED) is 0.490. The molecule has 2 aliphatic heterocycles. The number of hydrogen-bond donors (Lipinski definition) is 0. The van der Waals surface area contributed by atoms with Gasteiger partial charge in [-0.1, -0.05) is 23.7 Å². The summed E-state index contributed by atoms with van der Waals surface area (Å²) < 4.78 is 9.82. The zero-order chi connectivity index (χ0) is 24.2. The van der Waals surface area contributed by atoms with Crippen LogP contribution in [0.25, 0.3) is 0 Å². The summed E-state index contributed by atoms with van der Waals surface area (Å²) in [7, 11) is 1.68. The molecule has 35 heavy (non-hydrogen) atoms. The van der Waals surface area contributed by atoms with E-state index in [0.29, 0.717) is 13.0 Å². The summed E-state index contributed by atoms with van der Waals surface area (Å²) in [6.45, 7) is 4.84. The largest absolute Gasteiger partial charge is 0.497 e. The van der Waals surface area contributed by atoms with Crippen molar-refractivity contribution in [3.05, 3.63) is 64.9 Å². The Labute approximate surface area is 215 Å². The monoisotopic (exact) mass is 511 g/mol. The van der Waals surface area contributed by atoms with E-state index in [0.717, 1.165) is 72.9 Å². The SMILES string of the molecule is COc1ccc(N2CCN(C(=O)C3CCCN(c4nc(Cc5ccc(Cl)cc5)ns4)C3)CC2)cc1. The maximum Gasteiger partial charge on any atom is 0.227 e. The lowest BCUT2D eigenvalue weighted by Crippen LogP contribution is -2.52. The maximum absolute atomic E-state index is 13.4. The van der Waals surface area contributed by atoms with Gasteiger partial charge in [0.15, 0.2) is 0 Å². The molecule has 0 N–H and O–H groups in total. The first-order valence-corrected chi connectivity index (χ1v) is 13.2.